The Morgan fingerprint density at radius 1 is 1.09 bits per heavy atom. The van der Waals surface area contributed by atoms with E-state index in [2.05, 4.69) is 10.3 Å². The molecule has 3 rings (SSSR count). The molecule has 2 aromatic carbocycles. The number of thiazole rings is 1. The first-order chi connectivity index (χ1) is 16.4. The summed E-state index contributed by atoms with van der Waals surface area (Å²) >= 11 is 1.45. The quantitative estimate of drug-likeness (QED) is 0.442. The minimum atomic E-state index is -0.247. The van der Waals surface area contributed by atoms with Crippen LogP contribution in [0.3, 0.4) is 0 Å². The summed E-state index contributed by atoms with van der Waals surface area (Å²) in [5.74, 6) is 0.354. The molecule has 0 aliphatic heterocycles. The number of nitrogens with zero attached hydrogens (tertiary/aromatic N) is 2. The molecule has 0 saturated heterocycles. The van der Waals surface area contributed by atoms with Gasteiger partial charge in [-0.05, 0) is 50.1 Å². The number of rotatable bonds is 11. The van der Waals surface area contributed by atoms with Crippen LogP contribution >= 0.6 is 11.3 Å². The van der Waals surface area contributed by atoms with Crippen LogP contribution in [0.5, 0.6) is 5.75 Å². The summed E-state index contributed by atoms with van der Waals surface area (Å²) in [5.41, 5.74) is 4.68. The fourth-order valence-electron chi connectivity index (χ4n) is 3.29. The van der Waals surface area contributed by atoms with E-state index in [4.69, 9.17) is 9.47 Å². The number of amides is 2. The fraction of sp³-hybridized carbons (Fsp3) is 0.346. The standard InChI is InChI=1S/C26H31N3O4S/c1-18-8-10-22(11-9-18)33-16-25-27-21(17-34-25)14-26(31)29(12-13-32-4)15-24(30)28-23-7-5-6-19(2)20(23)3/h5-11,17H,12-16H2,1-4H3,(H,28,30). The number of hydrogen-bond acceptors (Lipinski definition) is 6. The second kappa shape index (κ2) is 12.3. The maximum absolute atomic E-state index is 13.0. The van der Waals surface area contributed by atoms with Crippen LogP contribution < -0.4 is 10.1 Å². The summed E-state index contributed by atoms with van der Waals surface area (Å²) in [5, 5.41) is 5.56. The average molecular weight is 482 g/mol. The Kier molecular flexibility index (Phi) is 9.18. The third kappa shape index (κ3) is 7.40. The topological polar surface area (TPSA) is 80.8 Å². The van der Waals surface area contributed by atoms with Crippen molar-refractivity contribution in [2.45, 2.75) is 33.8 Å². The molecule has 1 heterocycles. The molecule has 2 amide bonds. The van der Waals surface area contributed by atoms with Gasteiger partial charge in [0.15, 0.2) is 0 Å². The lowest BCUT2D eigenvalue weighted by molar-refractivity contribution is -0.134. The first-order valence-corrected chi connectivity index (χ1v) is 12.0. The Balaban J connectivity index is 1.57. The second-order valence-electron chi connectivity index (χ2n) is 8.11. The summed E-state index contributed by atoms with van der Waals surface area (Å²) in [6.45, 7) is 6.93. The van der Waals surface area contributed by atoms with Gasteiger partial charge < -0.3 is 19.7 Å². The van der Waals surface area contributed by atoms with Gasteiger partial charge in [0.1, 0.15) is 17.4 Å². The van der Waals surface area contributed by atoms with Gasteiger partial charge in [-0.25, -0.2) is 4.98 Å². The van der Waals surface area contributed by atoms with E-state index in [1.807, 2.05) is 68.6 Å². The lowest BCUT2D eigenvalue weighted by Crippen LogP contribution is -2.40. The molecule has 0 spiro atoms. The van der Waals surface area contributed by atoms with Gasteiger partial charge in [-0.15, -0.1) is 11.3 Å². The first kappa shape index (κ1) is 25.4. The van der Waals surface area contributed by atoms with Gasteiger partial charge in [0.25, 0.3) is 0 Å². The minimum Gasteiger partial charge on any atom is -0.486 e. The Bertz CT molecular complexity index is 1110. The molecule has 1 aromatic heterocycles. The lowest BCUT2D eigenvalue weighted by atomic mass is 10.1. The van der Waals surface area contributed by atoms with Crippen molar-refractivity contribution in [2.24, 2.45) is 0 Å². The molecule has 0 aliphatic carbocycles. The number of aromatic nitrogens is 1. The highest BCUT2D eigenvalue weighted by Crippen LogP contribution is 2.19. The highest BCUT2D eigenvalue weighted by molar-refractivity contribution is 7.09. The number of carbonyl (C=O) groups excluding carboxylic acids is 2. The number of methoxy groups -OCH3 is 1. The van der Waals surface area contributed by atoms with Crippen LogP contribution in [0, 0.1) is 20.8 Å². The number of carbonyl (C=O) groups is 2. The molecule has 0 unspecified atom stereocenters. The fourth-order valence-corrected chi connectivity index (χ4v) is 3.99. The van der Waals surface area contributed by atoms with Gasteiger partial charge in [-0.2, -0.15) is 0 Å². The molecule has 7 nitrogen and oxygen atoms in total. The van der Waals surface area contributed by atoms with Gasteiger partial charge in [0.05, 0.1) is 25.3 Å². The zero-order valence-electron chi connectivity index (χ0n) is 20.1. The van der Waals surface area contributed by atoms with Crippen molar-refractivity contribution in [2.75, 3.05) is 32.1 Å². The number of hydrogen-bond donors (Lipinski definition) is 1. The van der Waals surface area contributed by atoms with E-state index in [1.54, 1.807) is 7.11 Å². The lowest BCUT2D eigenvalue weighted by Gasteiger charge is -2.22. The second-order valence-corrected chi connectivity index (χ2v) is 9.06. The Labute approximate surface area is 204 Å². The van der Waals surface area contributed by atoms with Crippen molar-refractivity contribution >= 4 is 28.8 Å². The molecule has 0 radical (unpaired) electrons. The number of ether oxygens (including phenoxy) is 2. The number of anilines is 1. The Hall–Kier alpha value is -3.23. The maximum Gasteiger partial charge on any atom is 0.244 e. The van der Waals surface area contributed by atoms with Crippen LogP contribution in [0.25, 0.3) is 0 Å². The molecule has 3 aromatic rings. The van der Waals surface area contributed by atoms with Gasteiger partial charge in [0, 0.05) is 24.7 Å². The maximum atomic E-state index is 13.0. The van der Waals surface area contributed by atoms with Crippen LogP contribution in [-0.4, -0.2) is 48.5 Å². The van der Waals surface area contributed by atoms with Crippen molar-refractivity contribution in [3.63, 3.8) is 0 Å². The van der Waals surface area contributed by atoms with Crippen LogP contribution in [0.1, 0.15) is 27.4 Å². The van der Waals surface area contributed by atoms with Crippen molar-refractivity contribution in [1.29, 1.82) is 0 Å². The predicted octanol–water partition coefficient (Wildman–Crippen LogP) is 4.30. The summed E-state index contributed by atoms with van der Waals surface area (Å²) in [7, 11) is 1.57. The average Bonchev–Trinajstić information content (AvgIpc) is 3.26. The van der Waals surface area contributed by atoms with E-state index < -0.39 is 0 Å². The molecule has 0 saturated carbocycles. The molecule has 8 heteroatoms. The number of aryl methyl sites for hydroxylation is 2. The molecular weight excluding hydrogens is 450 g/mol. The third-order valence-electron chi connectivity index (χ3n) is 5.45. The summed E-state index contributed by atoms with van der Waals surface area (Å²) in [4.78, 5) is 31.7. The van der Waals surface area contributed by atoms with Gasteiger partial charge in [-0.1, -0.05) is 29.8 Å². The van der Waals surface area contributed by atoms with Crippen LogP contribution in [-0.2, 0) is 27.4 Å². The largest absolute Gasteiger partial charge is 0.486 e. The predicted molar refractivity (Wildman–Crippen MR) is 134 cm³/mol. The summed E-state index contributed by atoms with van der Waals surface area (Å²) in [6.07, 6.45) is 0.113. The first-order valence-electron chi connectivity index (χ1n) is 11.1. The van der Waals surface area contributed by atoms with Gasteiger partial charge in [0.2, 0.25) is 11.8 Å². The molecule has 0 aliphatic rings. The zero-order valence-corrected chi connectivity index (χ0v) is 20.9. The summed E-state index contributed by atoms with van der Waals surface area (Å²) < 4.78 is 10.9. The van der Waals surface area contributed by atoms with Gasteiger partial charge >= 0.3 is 0 Å². The molecular formula is C26H31N3O4S. The van der Waals surface area contributed by atoms with E-state index in [1.165, 1.54) is 21.8 Å². The highest BCUT2D eigenvalue weighted by atomic mass is 32.1. The van der Waals surface area contributed by atoms with Crippen LogP contribution in [0.4, 0.5) is 5.69 Å². The molecule has 0 bridgehead atoms. The van der Waals surface area contributed by atoms with E-state index in [0.29, 0.717) is 25.5 Å². The zero-order chi connectivity index (χ0) is 24.5. The number of nitrogens with one attached hydrogen (secondary N) is 1. The molecule has 0 atom stereocenters. The highest BCUT2D eigenvalue weighted by Gasteiger charge is 2.19. The monoisotopic (exact) mass is 481 g/mol. The van der Waals surface area contributed by atoms with Crippen molar-refractivity contribution in [3.05, 3.63) is 75.2 Å². The van der Waals surface area contributed by atoms with Crippen LogP contribution in [0.15, 0.2) is 47.8 Å². The van der Waals surface area contributed by atoms with Crippen molar-refractivity contribution in [3.8, 4) is 5.75 Å². The van der Waals surface area contributed by atoms with Gasteiger partial charge in [-0.3, -0.25) is 9.59 Å². The Morgan fingerprint density at radius 3 is 2.59 bits per heavy atom. The smallest absolute Gasteiger partial charge is 0.244 e. The number of benzene rings is 2. The van der Waals surface area contributed by atoms with E-state index in [9.17, 15) is 9.59 Å². The molecule has 0 fully saturated rings. The molecule has 34 heavy (non-hydrogen) atoms. The van der Waals surface area contributed by atoms with E-state index in [-0.39, 0.29) is 24.8 Å². The van der Waals surface area contributed by atoms with Crippen LogP contribution in [0.2, 0.25) is 0 Å². The van der Waals surface area contributed by atoms with E-state index >= 15 is 0 Å². The third-order valence-corrected chi connectivity index (χ3v) is 6.32. The van der Waals surface area contributed by atoms with Crippen molar-refractivity contribution < 1.29 is 19.1 Å². The minimum absolute atomic E-state index is 0.0525. The summed E-state index contributed by atoms with van der Waals surface area (Å²) in [6, 6.07) is 13.6. The SMILES string of the molecule is COCCN(CC(=O)Nc1cccc(C)c1C)C(=O)Cc1csc(COc2ccc(C)cc2)n1. The normalized spacial score (nSPS) is 10.7. The molecule has 180 valence electrons. The van der Waals surface area contributed by atoms with Crippen molar-refractivity contribution in [1.82, 2.24) is 9.88 Å². The Morgan fingerprint density at radius 2 is 1.85 bits per heavy atom. The molecule has 1 N–H and O–H groups in total. The van der Waals surface area contributed by atoms with E-state index in [0.717, 1.165) is 27.6 Å².